The van der Waals surface area contributed by atoms with Crippen LogP contribution in [0.1, 0.15) is 31.2 Å². The fourth-order valence-electron chi connectivity index (χ4n) is 1.71. The molecule has 0 aliphatic carbocycles. The normalized spacial score (nSPS) is 11.1. The molecule has 0 radical (unpaired) electrons. The molecule has 1 rings (SSSR count). The Bertz CT molecular complexity index is 592. The summed E-state index contributed by atoms with van der Waals surface area (Å²) in [4.78, 5) is 22.1. The van der Waals surface area contributed by atoms with Gasteiger partial charge in [-0.05, 0) is 30.5 Å². The Morgan fingerprint density at radius 2 is 1.67 bits per heavy atom. The molecule has 0 heterocycles. The molecule has 1 amide bonds. The van der Waals surface area contributed by atoms with Crippen molar-refractivity contribution in [1.82, 2.24) is 5.32 Å². The average molecular weight is 313 g/mol. The van der Waals surface area contributed by atoms with Crippen molar-refractivity contribution >= 4 is 21.7 Å². The minimum atomic E-state index is -3.21. The molecule has 0 bridgehead atoms. The molecule has 0 fully saturated rings. The number of carboxylic acid groups (broad SMARTS) is 1. The molecule has 0 aliphatic heterocycles. The van der Waals surface area contributed by atoms with Gasteiger partial charge in [0.2, 0.25) is 5.91 Å². The van der Waals surface area contributed by atoms with Crippen LogP contribution < -0.4 is 5.32 Å². The Morgan fingerprint density at radius 3 is 2.19 bits per heavy atom. The van der Waals surface area contributed by atoms with Crippen molar-refractivity contribution in [2.24, 2.45) is 0 Å². The predicted molar refractivity (Wildman–Crippen MR) is 77.5 cm³/mol. The third-order valence-electron chi connectivity index (χ3n) is 2.89. The standard InChI is InChI=1S/C14H19NO5S/c1-21(19,20)12-8-6-11(7-9-12)10-15-13(16)4-2-3-5-14(17)18/h6-9H,2-5,10H2,1H3,(H,15,16)(H,17,18). The fourth-order valence-corrected chi connectivity index (χ4v) is 2.34. The first kappa shape index (κ1) is 17.2. The van der Waals surface area contributed by atoms with E-state index in [1.807, 2.05) is 0 Å². The van der Waals surface area contributed by atoms with Gasteiger partial charge in [-0.25, -0.2) is 8.42 Å². The number of sulfone groups is 1. The number of hydrogen-bond donors (Lipinski definition) is 2. The lowest BCUT2D eigenvalue weighted by Crippen LogP contribution is -2.22. The highest BCUT2D eigenvalue weighted by Crippen LogP contribution is 2.10. The third kappa shape index (κ3) is 6.89. The Balaban J connectivity index is 2.35. The van der Waals surface area contributed by atoms with Gasteiger partial charge in [-0.15, -0.1) is 0 Å². The van der Waals surface area contributed by atoms with Crippen LogP contribution in [0.15, 0.2) is 29.2 Å². The Hall–Kier alpha value is -1.89. The summed E-state index contributed by atoms with van der Waals surface area (Å²) in [5, 5.41) is 11.2. The lowest BCUT2D eigenvalue weighted by Gasteiger charge is -2.06. The molecule has 6 nitrogen and oxygen atoms in total. The van der Waals surface area contributed by atoms with Gasteiger partial charge in [0.05, 0.1) is 4.90 Å². The van der Waals surface area contributed by atoms with Gasteiger partial charge in [0, 0.05) is 25.6 Å². The second-order valence-electron chi connectivity index (χ2n) is 4.79. The van der Waals surface area contributed by atoms with E-state index in [9.17, 15) is 18.0 Å². The van der Waals surface area contributed by atoms with E-state index in [1.54, 1.807) is 12.1 Å². The number of carboxylic acids is 1. The zero-order valence-corrected chi connectivity index (χ0v) is 12.6. The monoisotopic (exact) mass is 313 g/mol. The van der Waals surface area contributed by atoms with Gasteiger partial charge < -0.3 is 10.4 Å². The van der Waals surface area contributed by atoms with Gasteiger partial charge in [0.1, 0.15) is 0 Å². The zero-order valence-electron chi connectivity index (χ0n) is 11.8. The van der Waals surface area contributed by atoms with Gasteiger partial charge in [0.25, 0.3) is 0 Å². The molecule has 21 heavy (non-hydrogen) atoms. The second kappa shape index (κ2) is 7.78. The maximum absolute atomic E-state index is 11.5. The number of rotatable bonds is 8. The van der Waals surface area contributed by atoms with Crippen molar-refractivity contribution in [3.8, 4) is 0 Å². The summed E-state index contributed by atoms with van der Waals surface area (Å²) >= 11 is 0. The van der Waals surface area contributed by atoms with Crippen LogP contribution in [0.25, 0.3) is 0 Å². The molecular weight excluding hydrogens is 294 g/mol. The van der Waals surface area contributed by atoms with Crippen LogP contribution in [-0.4, -0.2) is 31.7 Å². The van der Waals surface area contributed by atoms with Crippen molar-refractivity contribution in [3.05, 3.63) is 29.8 Å². The summed E-state index contributed by atoms with van der Waals surface area (Å²) in [5.74, 6) is -1.01. The number of unbranched alkanes of at least 4 members (excludes halogenated alkanes) is 1. The highest BCUT2D eigenvalue weighted by atomic mass is 32.2. The maximum atomic E-state index is 11.5. The van der Waals surface area contributed by atoms with Gasteiger partial charge in [-0.3, -0.25) is 9.59 Å². The first-order valence-electron chi connectivity index (χ1n) is 6.56. The smallest absolute Gasteiger partial charge is 0.303 e. The molecule has 116 valence electrons. The Labute approximate surface area is 124 Å². The Morgan fingerprint density at radius 1 is 1.10 bits per heavy atom. The zero-order chi connectivity index (χ0) is 15.9. The van der Waals surface area contributed by atoms with E-state index in [4.69, 9.17) is 5.11 Å². The summed E-state index contributed by atoms with van der Waals surface area (Å²) in [5.41, 5.74) is 0.807. The van der Waals surface area contributed by atoms with Crippen molar-refractivity contribution in [2.75, 3.05) is 6.26 Å². The lowest BCUT2D eigenvalue weighted by molar-refractivity contribution is -0.137. The average Bonchev–Trinajstić information content (AvgIpc) is 2.40. The number of aliphatic carboxylic acids is 1. The number of benzene rings is 1. The molecule has 7 heteroatoms. The molecule has 0 unspecified atom stereocenters. The second-order valence-corrected chi connectivity index (χ2v) is 6.81. The third-order valence-corrected chi connectivity index (χ3v) is 4.01. The summed E-state index contributed by atoms with van der Waals surface area (Å²) in [6.45, 7) is 0.321. The molecule has 1 aromatic rings. The van der Waals surface area contributed by atoms with E-state index in [1.165, 1.54) is 12.1 Å². The topological polar surface area (TPSA) is 101 Å². The highest BCUT2D eigenvalue weighted by Gasteiger charge is 2.07. The quantitative estimate of drug-likeness (QED) is 0.706. The molecule has 2 N–H and O–H groups in total. The number of carbonyl (C=O) groups is 2. The van der Waals surface area contributed by atoms with Crippen molar-refractivity contribution in [3.63, 3.8) is 0 Å². The maximum Gasteiger partial charge on any atom is 0.303 e. The largest absolute Gasteiger partial charge is 0.481 e. The fraction of sp³-hybridized carbons (Fsp3) is 0.429. The summed E-state index contributed by atoms with van der Waals surface area (Å²) in [7, 11) is -3.21. The van der Waals surface area contributed by atoms with Gasteiger partial charge in [-0.2, -0.15) is 0 Å². The van der Waals surface area contributed by atoms with Gasteiger partial charge in [-0.1, -0.05) is 12.1 Å². The van der Waals surface area contributed by atoms with Crippen LogP contribution in [0.5, 0.6) is 0 Å². The molecule has 0 saturated heterocycles. The summed E-state index contributed by atoms with van der Waals surface area (Å²) < 4.78 is 22.6. The first-order valence-corrected chi connectivity index (χ1v) is 8.45. The lowest BCUT2D eigenvalue weighted by atomic mass is 10.2. The first-order chi connectivity index (χ1) is 9.79. The van der Waals surface area contributed by atoms with Crippen molar-refractivity contribution in [2.45, 2.75) is 37.1 Å². The van der Waals surface area contributed by atoms with E-state index in [2.05, 4.69) is 5.32 Å². The van der Waals surface area contributed by atoms with E-state index in [-0.39, 0.29) is 23.6 Å². The SMILES string of the molecule is CS(=O)(=O)c1ccc(CNC(=O)CCCCC(=O)O)cc1. The molecule has 1 aromatic carbocycles. The van der Waals surface area contributed by atoms with E-state index in [0.717, 1.165) is 11.8 Å². The van der Waals surface area contributed by atoms with E-state index >= 15 is 0 Å². The van der Waals surface area contributed by atoms with Gasteiger partial charge in [0.15, 0.2) is 9.84 Å². The Kier molecular flexibility index (Phi) is 6.36. The van der Waals surface area contributed by atoms with Crippen LogP contribution in [0.3, 0.4) is 0 Å². The molecule has 0 aliphatic rings. The molecule has 0 aromatic heterocycles. The predicted octanol–water partition coefficient (Wildman–Crippen LogP) is 1.35. The molecular formula is C14H19NO5S. The van der Waals surface area contributed by atoms with E-state index < -0.39 is 15.8 Å². The van der Waals surface area contributed by atoms with Crippen LogP contribution >= 0.6 is 0 Å². The van der Waals surface area contributed by atoms with E-state index in [0.29, 0.717) is 19.4 Å². The number of carbonyl (C=O) groups excluding carboxylic acids is 1. The van der Waals surface area contributed by atoms with Crippen molar-refractivity contribution in [1.29, 1.82) is 0 Å². The highest BCUT2D eigenvalue weighted by molar-refractivity contribution is 7.90. The van der Waals surface area contributed by atoms with Crippen LogP contribution in [0.2, 0.25) is 0 Å². The van der Waals surface area contributed by atoms with Gasteiger partial charge >= 0.3 is 5.97 Å². The summed E-state index contributed by atoms with van der Waals surface area (Å²) in [6, 6.07) is 6.32. The summed E-state index contributed by atoms with van der Waals surface area (Å²) in [6.07, 6.45) is 2.51. The number of hydrogen-bond acceptors (Lipinski definition) is 4. The molecule has 0 saturated carbocycles. The van der Waals surface area contributed by atoms with Crippen LogP contribution in [0, 0.1) is 0 Å². The minimum Gasteiger partial charge on any atom is -0.481 e. The van der Waals surface area contributed by atoms with Crippen molar-refractivity contribution < 1.29 is 23.1 Å². The van der Waals surface area contributed by atoms with Crippen LogP contribution in [0.4, 0.5) is 0 Å². The minimum absolute atomic E-state index is 0.0697. The number of nitrogens with one attached hydrogen (secondary N) is 1. The molecule has 0 spiro atoms. The van der Waals surface area contributed by atoms with Crippen LogP contribution in [-0.2, 0) is 26.0 Å². The number of amides is 1. The molecule has 0 atom stereocenters.